The monoisotopic (exact) mass is 169 g/mol. The van der Waals surface area contributed by atoms with Crippen LogP contribution in [0.25, 0.3) is 0 Å². The Morgan fingerprint density at radius 1 is 1.64 bits per heavy atom. The van der Waals surface area contributed by atoms with E-state index in [1.54, 1.807) is 0 Å². The molecule has 1 heterocycles. The number of rotatable bonds is 1. The van der Waals surface area contributed by atoms with Crippen molar-refractivity contribution in [3.05, 3.63) is 6.36 Å². The molecule has 0 aromatic carbocycles. The van der Waals surface area contributed by atoms with E-state index < -0.39 is 31.0 Å². The lowest BCUT2D eigenvalue weighted by Gasteiger charge is -2.15. The molecule has 1 rings (SSSR count). The summed E-state index contributed by atoms with van der Waals surface area (Å²) in [5.41, 5.74) is 0. The lowest BCUT2D eigenvalue weighted by molar-refractivity contribution is -0.162. The Labute approximate surface area is 61.0 Å². The SMILES string of the molecule is OC[C@H]1O[C](F)[C@@](O)(F)[C@@H]1O. The molecule has 1 radical (unpaired) electrons. The summed E-state index contributed by atoms with van der Waals surface area (Å²) < 4.78 is 28.6. The van der Waals surface area contributed by atoms with Gasteiger partial charge in [0.1, 0.15) is 12.2 Å². The van der Waals surface area contributed by atoms with Crippen molar-refractivity contribution in [2.75, 3.05) is 6.61 Å². The molecule has 0 unspecified atom stereocenters. The van der Waals surface area contributed by atoms with E-state index in [0.717, 1.165) is 0 Å². The molecule has 65 valence electrons. The maximum atomic E-state index is 12.5. The largest absolute Gasteiger partial charge is 0.394 e. The van der Waals surface area contributed by atoms with Gasteiger partial charge in [-0.3, -0.25) is 0 Å². The van der Waals surface area contributed by atoms with Gasteiger partial charge in [0.2, 0.25) is 0 Å². The van der Waals surface area contributed by atoms with E-state index in [1.165, 1.54) is 0 Å². The zero-order valence-corrected chi connectivity index (χ0v) is 5.37. The number of halogens is 2. The van der Waals surface area contributed by atoms with Crippen molar-refractivity contribution in [1.82, 2.24) is 0 Å². The lowest BCUT2D eigenvalue weighted by atomic mass is 10.1. The van der Waals surface area contributed by atoms with Gasteiger partial charge in [0, 0.05) is 0 Å². The Hall–Kier alpha value is -0.300. The zero-order valence-electron chi connectivity index (χ0n) is 5.37. The number of ether oxygens (including phenoxy) is 1. The van der Waals surface area contributed by atoms with E-state index in [9.17, 15) is 8.78 Å². The van der Waals surface area contributed by atoms with E-state index in [4.69, 9.17) is 15.3 Å². The van der Waals surface area contributed by atoms with Gasteiger partial charge in [-0.2, -0.15) is 4.39 Å². The maximum Gasteiger partial charge on any atom is 0.336 e. The molecule has 6 heteroatoms. The zero-order chi connectivity index (χ0) is 8.65. The highest BCUT2D eigenvalue weighted by molar-refractivity contribution is 5.01. The van der Waals surface area contributed by atoms with E-state index >= 15 is 0 Å². The van der Waals surface area contributed by atoms with E-state index in [2.05, 4.69) is 4.74 Å². The Balaban J connectivity index is 2.71. The molecule has 0 saturated carbocycles. The van der Waals surface area contributed by atoms with Crippen LogP contribution >= 0.6 is 0 Å². The average Bonchev–Trinajstić information content (AvgIpc) is 2.14. The highest BCUT2D eigenvalue weighted by atomic mass is 19.2. The van der Waals surface area contributed by atoms with Gasteiger partial charge in [0.25, 0.3) is 0 Å². The molecule has 0 aromatic rings. The molecule has 4 nitrogen and oxygen atoms in total. The van der Waals surface area contributed by atoms with Gasteiger partial charge in [-0.1, -0.05) is 0 Å². The average molecular weight is 169 g/mol. The standard InChI is InChI=1S/C5H7F2O4/c6-4-5(7,10)3(9)2(1-8)11-4/h2-3,8-10H,1H2/t2-,3-,5-/m1/s1. The molecule has 1 aliphatic heterocycles. The predicted octanol–water partition coefficient (Wildman–Crippen LogP) is -1.14. The molecule has 1 saturated heterocycles. The summed E-state index contributed by atoms with van der Waals surface area (Å²) in [6.07, 6.45) is -5.33. The molecule has 0 bridgehead atoms. The molecule has 3 N–H and O–H groups in total. The number of alkyl halides is 1. The molecule has 0 amide bonds. The molecule has 1 fully saturated rings. The third-order valence-electron chi connectivity index (χ3n) is 1.45. The fourth-order valence-corrected chi connectivity index (χ4v) is 0.780. The second kappa shape index (κ2) is 2.63. The summed E-state index contributed by atoms with van der Waals surface area (Å²) in [6, 6.07) is 0. The van der Waals surface area contributed by atoms with Crippen LogP contribution in [0, 0.1) is 6.36 Å². The van der Waals surface area contributed by atoms with Gasteiger partial charge in [0.15, 0.2) is 0 Å². The second-order valence-electron chi connectivity index (χ2n) is 2.23. The van der Waals surface area contributed by atoms with Crippen molar-refractivity contribution < 1.29 is 28.8 Å². The fraction of sp³-hybridized carbons (Fsp3) is 0.800. The summed E-state index contributed by atoms with van der Waals surface area (Å²) >= 11 is 0. The topological polar surface area (TPSA) is 69.9 Å². The number of hydrogen-bond acceptors (Lipinski definition) is 4. The van der Waals surface area contributed by atoms with Gasteiger partial charge >= 0.3 is 12.2 Å². The first-order valence-electron chi connectivity index (χ1n) is 2.90. The Kier molecular flexibility index (Phi) is 2.10. The van der Waals surface area contributed by atoms with Crippen LogP contribution in [0.15, 0.2) is 0 Å². The smallest absolute Gasteiger partial charge is 0.336 e. The fourth-order valence-electron chi connectivity index (χ4n) is 0.780. The molecule has 11 heavy (non-hydrogen) atoms. The van der Waals surface area contributed by atoms with Crippen molar-refractivity contribution >= 4 is 0 Å². The maximum absolute atomic E-state index is 12.5. The third-order valence-corrected chi connectivity index (χ3v) is 1.45. The number of hydrogen-bond donors (Lipinski definition) is 3. The summed E-state index contributed by atoms with van der Waals surface area (Å²) in [7, 11) is 0. The van der Waals surface area contributed by atoms with Crippen molar-refractivity contribution in [2.45, 2.75) is 18.1 Å². The summed E-state index contributed by atoms with van der Waals surface area (Å²) in [4.78, 5) is 0. The van der Waals surface area contributed by atoms with Crippen molar-refractivity contribution in [3.8, 4) is 0 Å². The van der Waals surface area contributed by atoms with Crippen LogP contribution in [0.3, 0.4) is 0 Å². The molecule has 3 atom stereocenters. The van der Waals surface area contributed by atoms with Crippen molar-refractivity contribution in [3.63, 3.8) is 0 Å². The van der Waals surface area contributed by atoms with Crippen LogP contribution in [0.5, 0.6) is 0 Å². The molecular weight excluding hydrogens is 162 g/mol. The minimum Gasteiger partial charge on any atom is -0.394 e. The number of aliphatic hydroxyl groups excluding tert-OH is 2. The molecular formula is C5H7F2O4. The molecule has 0 aliphatic carbocycles. The Bertz CT molecular complexity index is 151. The number of aliphatic hydroxyl groups is 3. The Morgan fingerprint density at radius 2 is 2.18 bits per heavy atom. The normalized spacial score (nSPS) is 46.6. The van der Waals surface area contributed by atoms with Gasteiger partial charge in [0.05, 0.1) is 6.61 Å². The van der Waals surface area contributed by atoms with Crippen LogP contribution in [0.4, 0.5) is 8.78 Å². The van der Waals surface area contributed by atoms with Crippen molar-refractivity contribution in [1.29, 1.82) is 0 Å². The van der Waals surface area contributed by atoms with Crippen LogP contribution in [-0.2, 0) is 4.74 Å². The van der Waals surface area contributed by atoms with E-state index in [1.807, 2.05) is 0 Å². The molecule has 0 aromatic heterocycles. The molecule has 0 spiro atoms. The van der Waals surface area contributed by atoms with Crippen LogP contribution in [0.1, 0.15) is 0 Å². The van der Waals surface area contributed by atoms with Crippen molar-refractivity contribution in [2.24, 2.45) is 0 Å². The van der Waals surface area contributed by atoms with Crippen LogP contribution in [-0.4, -0.2) is 40.0 Å². The Morgan fingerprint density at radius 3 is 2.36 bits per heavy atom. The first-order valence-corrected chi connectivity index (χ1v) is 2.90. The van der Waals surface area contributed by atoms with Gasteiger partial charge < -0.3 is 20.1 Å². The summed E-state index contributed by atoms with van der Waals surface area (Å²) in [5, 5.41) is 25.5. The van der Waals surface area contributed by atoms with Crippen LogP contribution in [0.2, 0.25) is 0 Å². The van der Waals surface area contributed by atoms with Crippen LogP contribution < -0.4 is 0 Å². The third kappa shape index (κ3) is 1.22. The second-order valence-corrected chi connectivity index (χ2v) is 2.23. The minimum absolute atomic E-state index is 0.763. The molecule has 1 aliphatic rings. The van der Waals surface area contributed by atoms with Gasteiger partial charge in [-0.25, -0.2) is 4.39 Å². The summed E-state index contributed by atoms with van der Waals surface area (Å²) in [5.74, 6) is -3.49. The highest BCUT2D eigenvalue weighted by Crippen LogP contribution is 2.38. The summed E-state index contributed by atoms with van der Waals surface area (Å²) in [6.45, 7) is -0.763. The van der Waals surface area contributed by atoms with E-state index in [-0.39, 0.29) is 0 Å². The van der Waals surface area contributed by atoms with E-state index in [0.29, 0.717) is 0 Å². The predicted molar refractivity (Wildman–Crippen MR) is 28.4 cm³/mol. The minimum atomic E-state index is -3.49. The highest BCUT2D eigenvalue weighted by Gasteiger charge is 2.58. The first-order chi connectivity index (χ1) is 5.00. The quantitative estimate of drug-likeness (QED) is 0.464. The van der Waals surface area contributed by atoms with Gasteiger partial charge in [-0.15, -0.1) is 0 Å². The lowest BCUT2D eigenvalue weighted by Crippen LogP contribution is -2.41. The van der Waals surface area contributed by atoms with Gasteiger partial charge in [-0.05, 0) is 0 Å². The first kappa shape index (κ1) is 8.79.